The predicted octanol–water partition coefficient (Wildman–Crippen LogP) is 3.23. The zero-order valence-electron chi connectivity index (χ0n) is 16.0. The van der Waals surface area contributed by atoms with E-state index in [0.29, 0.717) is 31.1 Å². The molecule has 0 bridgehead atoms. The second kappa shape index (κ2) is 9.82. The van der Waals surface area contributed by atoms with Gasteiger partial charge in [-0.1, -0.05) is 36.4 Å². The number of methoxy groups -OCH3 is 2. The number of nitrogens with one attached hydrogen (secondary N) is 1. The maximum absolute atomic E-state index is 12.6. The lowest BCUT2D eigenvalue weighted by Crippen LogP contribution is -2.41. The Morgan fingerprint density at radius 1 is 1.00 bits per heavy atom. The van der Waals surface area contributed by atoms with Crippen molar-refractivity contribution in [3.63, 3.8) is 0 Å². The number of carbonyl (C=O) groups is 1. The third-order valence-corrected chi connectivity index (χ3v) is 4.19. The van der Waals surface area contributed by atoms with Gasteiger partial charge >= 0.3 is 0 Å². The first-order valence-electron chi connectivity index (χ1n) is 8.80. The number of hydrogen-bond donors (Lipinski definition) is 1. The van der Waals surface area contributed by atoms with Gasteiger partial charge in [-0.15, -0.1) is 0 Å². The molecule has 0 aliphatic heterocycles. The molecule has 2 aromatic rings. The molecule has 0 fully saturated rings. The van der Waals surface area contributed by atoms with E-state index in [4.69, 9.17) is 9.47 Å². The summed E-state index contributed by atoms with van der Waals surface area (Å²) in [5.41, 5.74) is 2.17. The Morgan fingerprint density at radius 3 is 2.31 bits per heavy atom. The molecule has 2 rings (SSSR count). The monoisotopic (exact) mass is 356 g/mol. The van der Waals surface area contributed by atoms with E-state index in [-0.39, 0.29) is 11.9 Å². The van der Waals surface area contributed by atoms with Crippen molar-refractivity contribution in [1.82, 2.24) is 10.2 Å². The van der Waals surface area contributed by atoms with Gasteiger partial charge in [-0.05, 0) is 37.1 Å². The van der Waals surface area contributed by atoms with Crippen LogP contribution in [0.1, 0.15) is 25.0 Å². The zero-order valence-corrected chi connectivity index (χ0v) is 16.0. The molecule has 26 heavy (non-hydrogen) atoms. The summed E-state index contributed by atoms with van der Waals surface area (Å²) in [5, 5.41) is 3.22. The highest BCUT2D eigenvalue weighted by Gasteiger charge is 2.17. The van der Waals surface area contributed by atoms with Gasteiger partial charge in [-0.25, -0.2) is 0 Å². The number of amides is 1. The number of benzene rings is 2. The molecule has 0 saturated heterocycles. The summed E-state index contributed by atoms with van der Waals surface area (Å²) in [5.74, 6) is 1.47. The van der Waals surface area contributed by atoms with Crippen molar-refractivity contribution in [2.45, 2.75) is 33.0 Å². The van der Waals surface area contributed by atoms with Gasteiger partial charge in [0.15, 0.2) is 11.5 Å². The normalized spacial score (nSPS) is 10.7. The highest BCUT2D eigenvalue weighted by atomic mass is 16.5. The molecule has 5 heteroatoms. The second-order valence-corrected chi connectivity index (χ2v) is 6.39. The summed E-state index contributed by atoms with van der Waals surface area (Å²) in [6.07, 6.45) is 0. The highest BCUT2D eigenvalue weighted by molar-refractivity contribution is 5.78. The lowest BCUT2D eigenvalue weighted by molar-refractivity contribution is -0.132. The Bertz CT molecular complexity index is 702. The summed E-state index contributed by atoms with van der Waals surface area (Å²) in [4.78, 5) is 14.5. The summed E-state index contributed by atoms with van der Waals surface area (Å²) < 4.78 is 10.6. The van der Waals surface area contributed by atoms with Crippen LogP contribution >= 0.6 is 0 Å². The fourth-order valence-corrected chi connectivity index (χ4v) is 2.74. The number of rotatable bonds is 9. The maximum Gasteiger partial charge on any atom is 0.237 e. The van der Waals surface area contributed by atoms with Crippen LogP contribution in [-0.4, -0.2) is 37.6 Å². The Hall–Kier alpha value is -2.53. The summed E-state index contributed by atoms with van der Waals surface area (Å²) in [6.45, 7) is 5.57. The quantitative estimate of drug-likeness (QED) is 0.749. The smallest absolute Gasteiger partial charge is 0.237 e. The van der Waals surface area contributed by atoms with Crippen molar-refractivity contribution in [3.05, 3.63) is 59.7 Å². The minimum absolute atomic E-state index is 0.0873. The minimum atomic E-state index is 0.0873. The molecule has 0 saturated carbocycles. The van der Waals surface area contributed by atoms with Crippen LogP contribution in [0.2, 0.25) is 0 Å². The van der Waals surface area contributed by atoms with E-state index in [2.05, 4.69) is 5.32 Å². The maximum atomic E-state index is 12.6. The molecule has 1 N–H and O–H groups in total. The summed E-state index contributed by atoms with van der Waals surface area (Å²) >= 11 is 0. The van der Waals surface area contributed by atoms with Crippen LogP contribution in [0.3, 0.4) is 0 Å². The third kappa shape index (κ3) is 5.49. The van der Waals surface area contributed by atoms with E-state index in [1.165, 1.54) is 0 Å². The average molecular weight is 356 g/mol. The van der Waals surface area contributed by atoms with Crippen molar-refractivity contribution in [3.8, 4) is 11.5 Å². The zero-order chi connectivity index (χ0) is 18.9. The van der Waals surface area contributed by atoms with Crippen LogP contribution < -0.4 is 14.8 Å². The molecule has 0 spiro atoms. The van der Waals surface area contributed by atoms with Crippen LogP contribution in [0.15, 0.2) is 48.5 Å². The number of carbonyl (C=O) groups excluding carboxylic acids is 1. The van der Waals surface area contributed by atoms with Crippen LogP contribution in [0.25, 0.3) is 0 Å². The van der Waals surface area contributed by atoms with Gasteiger partial charge in [0.05, 0.1) is 20.8 Å². The van der Waals surface area contributed by atoms with Crippen LogP contribution in [0, 0.1) is 0 Å². The molecule has 0 heterocycles. The number of ether oxygens (including phenoxy) is 2. The van der Waals surface area contributed by atoms with Gasteiger partial charge in [-0.3, -0.25) is 4.79 Å². The van der Waals surface area contributed by atoms with E-state index < -0.39 is 0 Å². The van der Waals surface area contributed by atoms with Gasteiger partial charge in [0.1, 0.15) is 0 Å². The lowest BCUT2D eigenvalue weighted by atomic mass is 10.2. The lowest BCUT2D eigenvalue weighted by Gasteiger charge is -2.27. The first-order chi connectivity index (χ1) is 12.5. The molecular formula is C21H28N2O3. The molecule has 0 atom stereocenters. The standard InChI is InChI=1S/C21H28N2O3/c1-16(2)23(15-17-8-6-5-7-9-17)21(24)14-22-13-18-10-11-19(25-3)20(12-18)26-4/h5-12,16,22H,13-15H2,1-4H3. The largest absolute Gasteiger partial charge is 0.493 e. The molecule has 140 valence electrons. The van der Waals surface area contributed by atoms with Gasteiger partial charge < -0.3 is 19.7 Å². The average Bonchev–Trinajstić information content (AvgIpc) is 2.66. The van der Waals surface area contributed by atoms with Gasteiger partial charge in [-0.2, -0.15) is 0 Å². The van der Waals surface area contributed by atoms with Crippen molar-refractivity contribution >= 4 is 5.91 Å². The van der Waals surface area contributed by atoms with E-state index >= 15 is 0 Å². The molecular weight excluding hydrogens is 328 g/mol. The van der Waals surface area contributed by atoms with Crippen molar-refractivity contribution in [1.29, 1.82) is 0 Å². The second-order valence-electron chi connectivity index (χ2n) is 6.39. The Balaban J connectivity index is 1.91. The highest BCUT2D eigenvalue weighted by Crippen LogP contribution is 2.27. The van der Waals surface area contributed by atoms with Gasteiger partial charge in [0.2, 0.25) is 5.91 Å². The number of nitrogens with zero attached hydrogens (tertiary/aromatic N) is 1. The Kier molecular flexibility index (Phi) is 7.48. The summed E-state index contributed by atoms with van der Waals surface area (Å²) in [6, 6.07) is 15.9. The first-order valence-corrected chi connectivity index (χ1v) is 8.80. The Labute approximate surface area is 155 Å². The van der Waals surface area contributed by atoms with Gasteiger partial charge in [0.25, 0.3) is 0 Å². The molecule has 0 unspecified atom stereocenters. The van der Waals surface area contributed by atoms with E-state index in [1.54, 1.807) is 14.2 Å². The molecule has 5 nitrogen and oxygen atoms in total. The first kappa shape index (κ1) is 19.8. The predicted molar refractivity (Wildman–Crippen MR) is 103 cm³/mol. The molecule has 1 amide bonds. The van der Waals surface area contributed by atoms with E-state index in [9.17, 15) is 4.79 Å². The fraction of sp³-hybridized carbons (Fsp3) is 0.381. The SMILES string of the molecule is COc1ccc(CNCC(=O)N(Cc2ccccc2)C(C)C)cc1OC. The number of hydrogen-bond acceptors (Lipinski definition) is 4. The fourth-order valence-electron chi connectivity index (χ4n) is 2.74. The van der Waals surface area contributed by atoms with Crippen molar-refractivity contribution in [2.24, 2.45) is 0 Å². The van der Waals surface area contributed by atoms with Crippen LogP contribution in [-0.2, 0) is 17.9 Å². The third-order valence-electron chi connectivity index (χ3n) is 4.19. The van der Waals surface area contributed by atoms with Crippen molar-refractivity contribution in [2.75, 3.05) is 20.8 Å². The molecule has 0 aliphatic carbocycles. The van der Waals surface area contributed by atoms with Crippen molar-refractivity contribution < 1.29 is 14.3 Å². The molecule has 0 radical (unpaired) electrons. The molecule has 0 aliphatic rings. The summed E-state index contributed by atoms with van der Waals surface area (Å²) in [7, 11) is 3.23. The van der Waals surface area contributed by atoms with Gasteiger partial charge in [0, 0.05) is 19.1 Å². The molecule has 0 aromatic heterocycles. The van der Waals surface area contributed by atoms with E-state index in [0.717, 1.165) is 11.1 Å². The van der Waals surface area contributed by atoms with Crippen LogP contribution in [0.5, 0.6) is 11.5 Å². The van der Waals surface area contributed by atoms with Crippen LogP contribution in [0.4, 0.5) is 0 Å². The Morgan fingerprint density at radius 2 is 1.69 bits per heavy atom. The van der Waals surface area contributed by atoms with E-state index in [1.807, 2.05) is 67.3 Å². The topological polar surface area (TPSA) is 50.8 Å². The molecule has 2 aromatic carbocycles. The minimum Gasteiger partial charge on any atom is -0.493 e.